The van der Waals surface area contributed by atoms with Gasteiger partial charge in [-0.15, -0.1) is 0 Å². The Morgan fingerprint density at radius 2 is 1.86 bits per heavy atom. The lowest BCUT2D eigenvalue weighted by molar-refractivity contribution is -0.117. The molecule has 3 aromatic heterocycles. The summed E-state index contributed by atoms with van der Waals surface area (Å²) >= 11 is 0. The number of H-pyrrole nitrogens is 1. The Morgan fingerprint density at radius 1 is 1.09 bits per heavy atom. The van der Waals surface area contributed by atoms with Gasteiger partial charge in [0.2, 0.25) is 5.91 Å². The zero-order chi connectivity index (χ0) is 24.4. The number of fused-ring (bicyclic) bond motifs is 1. The van der Waals surface area contributed by atoms with Gasteiger partial charge in [-0.1, -0.05) is 18.2 Å². The van der Waals surface area contributed by atoms with Gasteiger partial charge in [-0.25, -0.2) is 4.98 Å². The maximum Gasteiger partial charge on any atom is 0.257 e. The van der Waals surface area contributed by atoms with Crippen molar-refractivity contribution in [3.63, 3.8) is 0 Å². The van der Waals surface area contributed by atoms with E-state index >= 15 is 0 Å². The molecule has 0 saturated carbocycles. The highest BCUT2D eigenvalue weighted by Gasteiger charge is 2.30. The normalized spacial score (nSPS) is 13.8. The van der Waals surface area contributed by atoms with Crippen molar-refractivity contribution in [1.29, 1.82) is 0 Å². The molecule has 0 aliphatic carbocycles. The van der Waals surface area contributed by atoms with Gasteiger partial charge in [0.1, 0.15) is 5.82 Å². The van der Waals surface area contributed by atoms with E-state index < -0.39 is 0 Å². The molecule has 176 valence electrons. The number of nitrogens with one attached hydrogen (secondary N) is 3. The smallest absolute Gasteiger partial charge is 0.257 e. The van der Waals surface area contributed by atoms with Gasteiger partial charge in [0.25, 0.3) is 5.91 Å². The third kappa shape index (κ3) is 4.50. The Labute approximate surface area is 203 Å². The molecule has 4 heterocycles. The van der Waals surface area contributed by atoms with Crippen molar-refractivity contribution in [2.75, 3.05) is 24.2 Å². The molecule has 0 fully saturated rings. The molecule has 0 bridgehead atoms. The second kappa shape index (κ2) is 9.42. The highest BCUT2D eigenvalue weighted by molar-refractivity contribution is 6.06. The molecule has 2 amide bonds. The van der Waals surface area contributed by atoms with Gasteiger partial charge >= 0.3 is 0 Å². The van der Waals surface area contributed by atoms with Gasteiger partial charge in [0, 0.05) is 55.5 Å². The average Bonchev–Trinajstić information content (AvgIpc) is 3.26. The summed E-state index contributed by atoms with van der Waals surface area (Å²) in [6.07, 6.45) is 5.73. The Balaban J connectivity index is 1.49. The fourth-order valence-corrected chi connectivity index (χ4v) is 4.25. The fourth-order valence-electron chi connectivity index (χ4n) is 4.25. The number of hydrogen-bond donors (Lipinski definition) is 3. The van der Waals surface area contributed by atoms with E-state index in [-0.39, 0.29) is 17.7 Å². The number of likely N-dealkylation sites (N-methyl/N-ethyl adjacent to an activating group) is 1. The minimum atomic E-state index is -0.357. The third-order valence-electron chi connectivity index (χ3n) is 6.28. The third-order valence-corrected chi connectivity index (χ3v) is 6.28. The van der Waals surface area contributed by atoms with Gasteiger partial charge in [0.05, 0.1) is 22.9 Å². The molecular weight excluding hydrogens is 440 g/mol. The lowest BCUT2D eigenvalue weighted by Crippen LogP contribution is -2.34. The fraction of sp³-hybridized carbons (Fsp3) is 0.185. The lowest BCUT2D eigenvalue weighted by Gasteiger charge is -2.23. The zero-order valence-corrected chi connectivity index (χ0v) is 19.6. The van der Waals surface area contributed by atoms with Crippen LogP contribution in [0.5, 0.6) is 0 Å². The lowest BCUT2D eigenvalue weighted by atomic mass is 10.0. The molecule has 8 nitrogen and oxygen atoms in total. The zero-order valence-electron chi connectivity index (χ0n) is 19.6. The van der Waals surface area contributed by atoms with E-state index in [1.54, 1.807) is 23.5 Å². The summed E-state index contributed by atoms with van der Waals surface area (Å²) in [4.78, 5) is 39.5. The van der Waals surface area contributed by atoms with Crippen molar-refractivity contribution in [2.45, 2.75) is 19.3 Å². The molecule has 8 heteroatoms. The van der Waals surface area contributed by atoms with Crippen LogP contribution in [0.1, 0.15) is 34.5 Å². The number of benzene rings is 1. The molecule has 0 saturated heterocycles. The van der Waals surface area contributed by atoms with Crippen molar-refractivity contribution < 1.29 is 9.59 Å². The highest BCUT2D eigenvalue weighted by atomic mass is 16.2. The topological polar surface area (TPSA) is 103 Å². The van der Waals surface area contributed by atoms with E-state index in [0.717, 1.165) is 40.3 Å². The van der Waals surface area contributed by atoms with E-state index in [1.807, 2.05) is 68.6 Å². The standard InChI is InChI=1S/C27H26N6O2/c1-17(18-8-12-28-13-9-18)26(34)32-22-16-19(10-14-29-22)24-25(30-20-6-4-3-5-7-20)23-21(31-24)11-15-33(2)27(23)35/h3-10,12-14,16-17,30-31H,11,15H2,1-2H3,(H,29,32,34). The Hall–Kier alpha value is -4.46. The minimum absolute atomic E-state index is 0.0269. The van der Waals surface area contributed by atoms with Crippen LogP contribution in [0.3, 0.4) is 0 Å². The van der Waals surface area contributed by atoms with Crippen LogP contribution in [-0.2, 0) is 11.2 Å². The van der Waals surface area contributed by atoms with Crippen molar-refractivity contribution in [3.8, 4) is 11.3 Å². The van der Waals surface area contributed by atoms with Gasteiger partial charge in [-0.3, -0.25) is 14.6 Å². The Kier molecular flexibility index (Phi) is 6.01. The van der Waals surface area contributed by atoms with E-state index in [2.05, 4.69) is 25.6 Å². The predicted octanol–water partition coefficient (Wildman–Crippen LogP) is 4.59. The molecule has 0 spiro atoms. The van der Waals surface area contributed by atoms with Crippen molar-refractivity contribution in [1.82, 2.24) is 19.9 Å². The number of pyridine rings is 2. The van der Waals surface area contributed by atoms with E-state index in [0.29, 0.717) is 17.9 Å². The summed E-state index contributed by atoms with van der Waals surface area (Å²) in [6.45, 7) is 2.50. The van der Waals surface area contributed by atoms with E-state index in [9.17, 15) is 9.59 Å². The number of carbonyl (C=O) groups is 2. The number of amides is 2. The SMILES string of the molecule is CC(C(=O)Nc1cc(-c2[nH]c3c(c2Nc2ccccc2)C(=O)N(C)CC3)ccn1)c1ccncc1. The van der Waals surface area contributed by atoms with Gasteiger partial charge in [-0.2, -0.15) is 0 Å². The summed E-state index contributed by atoms with van der Waals surface area (Å²) < 4.78 is 0. The number of nitrogens with zero attached hydrogens (tertiary/aromatic N) is 3. The minimum Gasteiger partial charge on any atom is -0.356 e. The van der Waals surface area contributed by atoms with Crippen LogP contribution in [0.25, 0.3) is 11.3 Å². The van der Waals surface area contributed by atoms with Crippen LogP contribution in [0.15, 0.2) is 73.2 Å². The first-order valence-electron chi connectivity index (χ1n) is 11.5. The molecule has 0 radical (unpaired) electrons. The second-order valence-electron chi connectivity index (χ2n) is 8.62. The molecule has 1 unspecified atom stereocenters. The number of para-hydroxylation sites is 1. The first-order valence-corrected chi connectivity index (χ1v) is 11.5. The monoisotopic (exact) mass is 466 g/mol. The van der Waals surface area contributed by atoms with Gasteiger partial charge < -0.3 is 20.5 Å². The maximum absolute atomic E-state index is 13.1. The second-order valence-corrected chi connectivity index (χ2v) is 8.62. The van der Waals surface area contributed by atoms with Gasteiger partial charge in [0.15, 0.2) is 0 Å². The number of rotatable bonds is 6. The largest absolute Gasteiger partial charge is 0.356 e. The number of anilines is 3. The van der Waals surface area contributed by atoms with Crippen molar-refractivity contribution >= 4 is 29.0 Å². The average molecular weight is 467 g/mol. The summed E-state index contributed by atoms with van der Waals surface area (Å²) in [5, 5.41) is 6.35. The summed E-state index contributed by atoms with van der Waals surface area (Å²) in [6, 6.07) is 17.1. The predicted molar refractivity (Wildman–Crippen MR) is 136 cm³/mol. The van der Waals surface area contributed by atoms with Crippen LogP contribution >= 0.6 is 0 Å². The van der Waals surface area contributed by atoms with Crippen molar-refractivity contribution in [3.05, 3.63) is 90.0 Å². The number of aromatic nitrogens is 3. The molecule has 1 aliphatic heterocycles. The van der Waals surface area contributed by atoms with Crippen molar-refractivity contribution in [2.24, 2.45) is 0 Å². The number of aromatic amines is 1. The first kappa shape index (κ1) is 22.3. The van der Waals surface area contributed by atoms with Crippen LogP contribution in [0, 0.1) is 0 Å². The summed E-state index contributed by atoms with van der Waals surface area (Å²) in [5.41, 5.74) is 5.61. The highest BCUT2D eigenvalue weighted by Crippen LogP contribution is 2.38. The number of hydrogen-bond acceptors (Lipinski definition) is 5. The van der Waals surface area contributed by atoms with Crippen LogP contribution in [0.2, 0.25) is 0 Å². The van der Waals surface area contributed by atoms with E-state index in [4.69, 9.17) is 0 Å². The van der Waals surface area contributed by atoms with Crippen LogP contribution in [-0.4, -0.2) is 45.3 Å². The maximum atomic E-state index is 13.1. The number of carbonyl (C=O) groups excluding carboxylic acids is 2. The molecule has 5 rings (SSSR count). The molecule has 1 aromatic carbocycles. The molecule has 4 aromatic rings. The first-order chi connectivity index (χ1) is 17.0. The molecule has 1 aliphatic rings. The molecule has 35 heavy (non-hydrogen) atoms. The Bertz CT molecular complexity index is 1370. The molecular formula is C27H26N6O2. The summed E-state index contributed by atoms with van der Waals surface area (Å²) in [7, 11) is 1.81. The molecule has 3 N–H and O–H groups in total. The van der Waals surface area contributed by atoms with Crippen LogP contribution in [0.4, 0.5) is 17.2 Å². The van der Waals surface area contributed by atoms with Gasteiger partial charge in [-0.05, 0) is 48.9 Å². The van der Waals surface area contributed by atoms with Crippen LogP contribution < -0.4 is 10.6 Å². The van der Waals surface area contributed by atoms with E-state index in [1.165, 1.54) is 0 Å². The Morgan fingerprint density at radius 3 is 2.63 bits per heavy atom. The summed E-state index contributed by atoms with van der Waals surface area (Å²) in [5.74, 6) is -0.105. The molecule has 1 atom stereocenters. The quantitative estimate of drug-likeness (QED) is 0.386.